The van der Waals surface area contributed by atoms with E-state index in [1.165, 1.54) is 4.40 Å². The zero-order valence-corrected chi connectivity index (χ0v) is 10.6. The minimum atomic E-state index is -0.423. The number of fused-ring (bicyclic) bond motifs is 1. The molecule has 2 aromatic heterocycles. The molecule has 6 nitrogen and oxygen atoms in total. The van der Waals surface area contributed by atoms with Gasteiger partial charge in [0.1, 0.15) is 0 Å². The van der Waals surface area contributed by atoms with Gasteiger partial charge in [0.05, 0.1) is 6.20 Å². The Kier molecular flexibility index (Phi) is 3.04. The number of nitrogens with one attached hydrogen (secondary N) is 1. The number of pyridine rings is 1. The van der Waals surface area contributed by atoms with Crippen molar-refractivity contribution in [2.45, 2.75) is 6.54 Å². The maximum absolute atomic E-state index is 11.2. The van der Waals surface area contributed by atoms with E-state index in [4.69, 9.17) is 0 Å². The number of anilines is 1. The molecule has 0 fully saturated rings. The van der Waals surface area contributed by atoms with Crippen LogP contribution in [0, 0.1) is 10.1 Å². The molecular weight excluding hydrogens is 256 g/mol. The number of hydrogen-bond donors (Lipinski definition) is 1. The fraction of sp³-hybridized carbons (Fsp3) is 0.0714. The van der Waals surface area contributed by atoms with Crippen LogP contribution in [0.5, 0.6) is 0 Å². The topological polar surface area (TPSA) is 72.5 Å². The van der Waals surface area contributed by atoms with Gasteiger partial charge in [-0.05, 0) is 16.6 Å². The van der Waals surface area contributed by atoms with Crippen molar-refractivity contribution < 1.29 is 4.92 Å². The van der Waals surface area contributed by atoms with Gasteiger partial charge in [0, 0.05) is 12.6 Å². The number of nitrogens with zero attached hydrogens (tertiary/aromatic N) is 3. The highest BCUT2D eigenvalue weighted by molar-refractivity contribution is 5.62. The van der Waals surface area contributed by atoms with Gasteiger partial charge in [-0.1, -0.05) is 36.4 Å². The maximum atomic E-state index is 11.2. The predicted octanol–water partition coefficient (Wildman–Crippen LogP) is 2.85. The lowest BCUT2D eigenvalue weighted by molar-refractivity contribution is -0.389. The van der Waals surface area contributed by atoms with Gasteiger partial charge in [-0.3, -0.25) is 0 Å². The summed E-state index contributed by atoms with van der Waals surface area (Å²) in [6.45, 7) is 0.492. The third-order valence-electron chi connectivity index (χ3n) is 2.98. The van der Waals surface area contributed by atoms with Gasteiger partial charge in [0.25, 0.3) is 0 Å². The summed E-state index contributed by atoms with van der Waals surface area (Å²) in [7, 11) is 0. The second-order valence-electron chi connectivity index (χ2n) is 4.31. The first kappa shape index (κ1) is 12.2. The molecule has 6 heteroatoms. The Morgan fingerprint density at radius 3 is 2.65 bits per heavy atom. The van der Waals surface area contributed by atoms with Gasteiger partial charge in [0.2, 0.25) is 11.5 Å². The molecule has 0 aliphatic heterocycles. The molecule has 2 heterocycles. The quantitative estimate of drug-likeness (QED) is 0.583. The molecule has 0 bridgehead atoms. The highest BCUT2D eigenvalue weighted by Gasteiger charge is 2.21. The zero-order chi connectivity index (χ0) is 13.9. The van der Waals surface area contributed by atoms with E-state index >= 15 is 0 Å². The lowest BCUT2D eigenvalue weighted by Crippen LogP contribution is -2.03. The Labute approximate surface area is 114 Å². The van der Waals surface area contributed by atoms with Crippen LogP contribution in [0.25, 0.3) is 5.65 Å². The van der Waals surface area contributed by atoms with E-state index in [0.717, 1.165) is 5.56 Å². The SMILES string of the molecule is O=[N+]([O-])c1c(NCc2ccccc2)nc2ccccn12. The molecule has 3 aromatic rings. The van der Waals surface area contributed by atoms with Crippen molar-refractivity contribution in [1.29, 1.82) is 0 Å². The van der Waals surface area contributed by atoms with Crippen LogP contribution in [0.15, 0.2) is 54.7 Å². The number of nitro groups is 1. The summed E-state index contributed by atoms with van der Waals surface area (Å²) >= 11 is 0. The predicted molar refractivity (Wildman–Crippen MR) is 75.6 cm³/mol. The minimum Gasteiger partial charge on any atom is -0.359 e. The van der Waals surface area contributed by atoms with Crippen LogP contribution >= 0.6 is 0 Å². The normalized spacial score (nSPS) is 10.6. The van der Waals surface area contributed by atoms with Crippen molar-refractivity contribution in [3.63, 3.8) is 0 Å². The molecule has 100 valence electrons. The summed E-state index contributed by atoms with van der Waals surface area (Å²) in [5.41, 5.74) is 1.59. The van der Waals surface area contributed by atoms with Crippen molar-refractivity contribution in [1.82, 2.24) is 9.38 Å². The summed E-state index contributed by atoms with van der Waals surface area (Å²) in [6.07, 6.45) is 1.63. The summed E-state index contributed by atoms with van der Waals surface area (Å²) in [4.78, 5) is 15.0. The molecule has 0 aliphatic carbocycles. The monoisotopic (exact) mass is 268 g/mol. The summed E-state index contributed by atoms with van der Waals surface area (Å²) in [5, 5.41) is 14.2. The Bertz CT molecular complexity index is 752. The van der Waals surface area contributed by atoms with Crippen LogP contribution in [-0.4, -0.2) is 14.3 Å². The number of imidazole rings is 1. The summed E-state index contributed by atoms with van der Waals surface area (Å²) in [5.74, 6) is 0.238. The largest absolute Gasteiger partial charge is 0.372 e. The van der Waals surface area contributed by atoms with Crippen molar-refractivity contribution >= 4 is 17.3 Å². The maximum Gasteiger partial charge on any atom is 0.372 e. The van der Waals surface area contributed by atoms with Gasteiger partial charge in [-0.15, -0.1) is 0 Å². The Morgan fingerprint density at radius 1 is 1.15 bits per heavy atom. The number of aromatic nitrogens is 2. The fourth-order valence-electron chi connectivity index (χ4n) is 2.06. The molecule has 0 amide bonds. The van der Waals surface area contributed by atoms with E-state index in [0.29, 0.717) is 12.2 Å². The van der Waals surface area contributed by atoms with Gasteiger partial charge in [-0.2, -0.15) is 9.38 Å². The van der Waals surface area contributed by atoms with Crippen LogP contribution < -0.4 is 5.32 Å². The third-order valence-corrected chi connectivity index (χ3v) is 2.98. The number of rotatable bonds is 4. The second-order valence-corrected chi connectivity index (χ2v) is 4.31. The summed E-state index contributed by atoms with van der Waals surface area (Å²) in [6, 6.07) is 15.0. The van der Waals surface area contributed by atoms with E-state index in [1.807, 2.05) is 30.3 Å². The summed E-state index contributed by atoms with van der Waals surface area (Å²) < 4.78 is 1.47. The first-order valence-corrected chi connectivity index (χ1v) is 6.15. The molecule has 20 heavy (non-hydrogen) atoms. The van der Waals surface area contributed by atoms with Crippen molar-refractivity contribution in [2.24, 2.45) is 0 Å². The molecule has 1 N–H and O–H groups in total. The molecule has 0 unspecified atom stereocenters. The smallest absolute Gasteiger partial charge is 0.359 e. The van der Waals surface area contributed by atoms with Crippen LogP contribution in [0.2, 0.25) is 0 Å². The first-order valence-electron chi connectivity index (χ1n) is 6.15. The van der Waals surface area contributed by atoms with Crippen molar-refractivity contribution in [3.05, 3.63) is 70.4 Å². The van der Waals surface area contributed by atoms with Gasteiger partial charge in [0.15, 0.2) is 0 Å². The zero-order valence-electron chi connectivity index (χ0n) is 10.6. The molecule has 0 radical (unpaired) electrons. The first-order chi connectivity index (χ1) is 9.75. The molecule has 0 aliphatic rings. The van der Waals surface area contributed by atoms with Crippen LogP contribution in [0.1, 0.15) is 5.56 Å². The molecule has 1 aromatic carbocycles. The van der Waals surface area contributed by atoms with Gasteiger partial charge >= 0.3 is 5.82 Å². The second kappa shape index (κ2) is 5.00. The Hall–Kier alpha value is -2.89. The standard InChI is InChI=1S/C14H12N4O2/c19-18(20)14-13(15-10-11-6-2-1-3-7-11)16-12-8-4-5-9-17(12)14/h1-9,15H,10H2. The number of hydrogen-bond acceptors (Lipinski definition) is 4. The van der Waals surface area contributed by atoms with E-state index in [9.17, 15) is 10.1 Å². The van der Waals surface area contributed by atoms with Crippen molar-refractivity contribution in [2.75, 3.05) is 5.32 Å². The Balaban J connectivity index is 1.95. The molecule has 0 atom stereocenters. The van der Waals surface area contributed by atoms with Crippen LogP contribution in [0.3, 0.4) is 0 Å². The fourth-order valence-corrected chi connectivity index (χ4v) is 2.06. The molecule has 0 spiro atoms. The van der Waals surface area contributed by atoms with Gasteiger partial charge < -0.3 is 15.4 Å². The Morgan fingerprint density at radius 2 is 1.90 bits per heavy atom. The van der Waals surface area contributed by atoms with E-state index in [1.54, 1.807) is 24.4 Å². The van der Waals surface area contributed by atoms with E-state index in [-0.39, 0.29) is 11.6 Å². The molecule has 3 rings (SSSR count). The molecule has 0 saturated heterocycles. The average molecular weight is 268 g/mol. The lowest BCUT2D eigenvalue weighted by atomic mass is 10.2. The highest BCUT2D eigenvalue weighted by atomic mass is 16.6. The number of benzene rings is 1. The average Bonchev–Trinajstić information content (AvgIpc) is 2.84. The third kappa shape index (κ3) is 2.18. The van der Waals surface area contributed by atoms with E-state index < -0.39 is 4.92 Å². The van der Waals surface area contributed by atoms with Crippen molar-refractivity contribution in [3.8, 4) is 0 Å². The molecular formula is C14H12N4O2. The highest BCUT2D eigenvalue weighted by Crippen LogP contribution is 2.25. The molecule has 0 saturated carbocycles. The van der Waals surface area contributed by atoms with Crippen LogP contribution in [-0.2, 0) is 6.54 Å². The van der Waals surface area contributed by atoms with Gasteiger partial charge in [-0.25, -0.2) is 0 Å². The minimum absolute atomic E-state index is 0.0449. The van der Waals surface area contributed by atoms with E-state index in [2.05, 4.69) is 10.3 Å². The lowest BCUT2D eigenvalue weighted by Gasteiger charge is -2.03. The van der Waals surface area contributed by atoms with Crippen LogP contribution in [0.4, 0.5) is 11.6 Å².